The molecule has 100 valence electrons. The number of carbonyl (C=O) groups excluding carboxylic acids is 1. The standard InChI is InChI=1S/C14H22N2OS/c1-10-6-4-5-7-12(10)11(2)16-14(17)13(15)8-9-18-3/h4-7,11,13H,8-9,15H2,1-3H3,(H,16,17)/t11?,13-/m1/s1. The van der Waals surface area contributed by atoms with E-state index in [4.69, 9.17) is 5.73 Å². The van der Waals surface area contributed by atoms with E-state index in [9.17, 15) is 4.79 Å². The van der Waals surface area contributed by atoms with Crippen LogP contribution < -0.4 is 11.1 Å². The van der Waals surface area contributed by atoms with E-state index in [0.717, 1.165) is 11.3 Å². The lowest BCUT2D eigenvalue weighted by atomic mass is 10.0. The van der Waals surface area contributed by atoms with Crippen LogP contribution >= 0.6 is 11.8 Å². The summed E-state index contributed by atoms with van der Waals surface area (Å²) in [5, 5.41) is 2.97. The second kappa shape index (κ2) is 7.44. The molecule has 1 rings (SSSR count). The molecule has 0 aromatic heterocycles. The number of nitrogens with one attached hydrogen (secondary N) is 1. The summed E-state index contributed by atoms with van der Waals surface area (Å²) in [6.45, 7) is 4.03. The van der Waals surface area contributed by atoms with Gasteiger partial charge < -0.3 is 11.1 Å². The molecule has 0 aliphatic carbocycles. The predicted molar refractivity (Wildman–Crippen MR) is 78.7 cm³/mol. The third-order valence-corrected chi connectivity index (χ3v) is 3.63. The molecule has 1 amide bonds. The van der Waals surface area contributed by atoms with Gasteiger partial charge in [0.15, 0.2) is 0 Å². The maximum atomic E-state index is 11.9. The van der Waals surface area contributed by atoms with Gasteiger partial charge in [-0.2, -0.15) is 11.8 Å². The van der Waals surface area contributed by atoms with Crippen LogP contribution in [0, 0.1) is 6.92 Å². The zero-order chi connectivity index (χ0) is 13.5. The number of hydrogen-bond donors (Lipinski definition) is 2. The first-order chi connectivity index (χ1) is 8.56. The maximum Gasteiger partial charge on any atom is 0.237 e. The molecule has 0 aliphatic heterocycles. The Balaban J connectivity index is 2.57. The van der Waals surface area contributed by atoms with E-state index in [2.05, 4.69) is 5.32 Å². The summed E-state index contributed by atoms with van der Waals surface area (Å²) in [6.07, 6.45) is 2.73. The molecule has 2 atom stereocenters. The van der Waals surface area contributed by atoms with Crippen molar-refractivity contribution in [3.05, 3.63) is 35.4 Å². The topological polar surface area (TPSA) is 55.1 Å². The van der Waals surface area contributed by atoms with E-state index in [0.29, 0.717) is 6.42 Å². The number of carbonyl (C=O) groups is 1. The molecule has 3 nitrogen and oxygen atoms in total. The highest BCUT2D eigenvalue weighted by molar-refractivity contribution is 7.98. The van der Waals surface area contributed by atoms with Crippen LogP contribution in [0.25, 0.3) is 0 Å². The summed E-state index contributed by atoms with van der Waals surface area (Å²) in [6, 6.07) is 7.65. The highest BCUT2D eigenvalue weighted by Crippen LogP contribution is 2.16. The molecule has 0 heterocycles. The van der Waals surface area contributed by atoms with Gasteiger partial charge in [0.2, 0.25) is 5.91 Å². The molecule has 0 saturated heterocycles. The van der Waals surface area contributed by atoms with E-state index in [1.165, 1.54) is 5.56 Å². The van der Waals surface area contributed by atoms with Crippen molar-refractivity contribution < 1.29 is 4.79 Å². The molecule has 1 aromatic carbocycles. The summed E-state index contributed by atoms with van der Waals surface area (Å²) in [7, 11) is 0. The Kier molecular flexibility index (Phi) is 6.22. The van der Waals surface area contributed by atoms with Gasteiger partial charge in [-0.3, -0.25) is 4.79 Å². The largest absolute Gasteiger partial charge is 0.348 e. The lowest BCUT2D eigenvalue weighted by molar-refractivity contribution is -0.123. The van der Waals surface area contributed by atoms with Crippen LogP contribution in [0.2, 0.25) is 0 Å². The van der Waals surface area contributed by atoms with Gasteiger partial charge in [0.1, 0.15) is 0 Å². The van der Waals surface area contributed by atoms with Crippen LogP contribution in [0.1, 0.15) is 30.5 Å². The van der Waals surface area contributed by atoms with Gasteiger partial charge in [-0.25, -0.2) is 0 Å². The molecule has 1 unspecified atom stereocenters. The summed E-state index contributed by atoms with van der Waals surface area (Å²) in [5.41, 5.74) is 8.17. The van der Waals surface area contributed by atoms with Gasteiger partial charge in [0.25, 0.3) is 0 Å². The molecule has 0 bridgehead atoms. The number of amides is 1. The van der Waals surface area contributed by atoms with E-state index in [1.54, 1.807) is 11.8 Å². The van der Waals surface area contributed by atoms with E-state index >= 15 is 0 Å². The average molecular weight is 266 g/mol. The third-order valence-electron chi connectivity index (χ3n) is 2.98. The smallest absolute Gasteiger partial charge is 0.237 e. The second-order valence-corrected chi connectivity index (χ2v) is 5.46. The Bertz CT molecular complexity index is 395. The second-order valence-electron chi connectivity index (χ2n) is 4.47. The average Bonchev–Trinajstić information content (AvgIpc) is 2.36. The molecule has 0 saturated carbocycles. The van der Waals surface area contributed by atoms with Crippen LogP contribution in [-0.2, 0) is 4.79 Å². The molecule has 18 heavy (non-hydrogen) atoms. The van der Waals surface area contributed by atoms with E-state index in [1.807, 2.05) is 44.4 Å². The van der Waals surface area contributed by atoms with Crippen LogP contribution in [0.3, 0.4) is 0 Å². The highest BCUT2D eigenvalue weighted by atomic mass is 32.2. The number of rotatable bonds is 6. The minimum atomic E-state index is -0.413. The van der Waals surface area contributed by atoms with Crippen LogP contribution in [0.4, 0.5) is 0 Å². The van der Waals surface area contributed by atoms with Crippen LogP contribution in [-0.4, -0.2) is 24.0 Å². The Morgan fingerprint density at radius 2 is 2.11 bits per heavy atom. The number of aryl methyl sites for hydroxylation is 1. The first kappa shape index (κ1) is 15.1. The summed E-state index contributed by atoms with van der Waals surface area (Å²) < 4.78 is 0. The maximum absolute atomic E-state index is 11.9. The van der Waals surface area contributed by atoms with Crippen molar-refractivity contribution in [2.45, 2.75) is 32.4 Å². The summed E-state index contributed by atoms with van der Waals surface area (Å²) in [5.74, 6) is 0.840. The Hall–Kier alpha value is -1.00. The molecular formula is C14H22N2OS. The highest BCUT2D eigenvalue weighted by Gasteiger charge is 2.16. The Morgan fingerprint density at radius 3 is 2.72 bits per heavy atom. The number of benzene rings is 1. The fourth-order valence-electron chi connectivity index (χ4n) is 1.85. The van der Waals surface area contributed by atoms with Crippen molar-refractivity contribution in [1.29, 1.82) is 0 Å². The van der Waals surface area contributed by atoms with Gasteiger partial charge >= 0.3 is 0 Å². The lowest BCUT2D eigenvalue weighted by Crippen LogP contribution is -2.42. The Morgan fingerprint density at radius 1 is 1.44 bits per heavy atom. The quantitative estimate of drug-likeness (QED) is 0.830. The number of thioether (sulfide) groups is 1. The van der Waals surface area contributed by atoms with Crippen molar-refractivity contribution in [2.75, 3.05) is 12.0 Å². The van der Waals surface area contributed by atoms with Crippen molar-refractivity contribution in [3.8, 4) is 0 Å². The minimum absolute atomic E-state index is 0.000899. The number of nitrogens with two attached hydrogens (primary N) is 1. The Labute approximate surface area is 114 Å². The fraction of sp³-hybridized carbons (Fsp3) is 0.500. The van der Waals surface area contributed by atoms with Gasteiger partial charge in [0.05, 0.1) is 12.1 Å². The molecule has 0 aliphatic rings. The van der Waals surface area contributed by atoms with Crippen LogP contribution in [0.5, 0.6) is 0 Å². The SMILES string of the molecule is CSCC[C@@H](N)C(=O)NC(C)c1ccccc1C. The van der Waals surface area contributed by atoms with Crippen molar-refractivity contribution >= 4 is 17.7 Å². The van der Waals surface area contributed by atoms with Crippen molar-refractivity contribution in [3.63, 3.8) is 0 Å². The molecular weight excluding hydrogens is 244 g/mol. The minimum Gasteiger partial charge on any atom is -0.348 e. The van der Waals surface area contributed by atoms with Crippen LogP contribution in [0.15, 0.2) is 24.3 Å². The first-order valence-corrected chi connectivity index (χ1v) is 7.56. The number of hydrogen-bond acceptors (Lipinski definition) is 3. The van der Waals surface area contributed by atoms with Gasteiger partial charge in [-0.15, -0.1) is 0 Å². The normalized spacial score (nSPS) is 14.0. The molecule has 0 fully saturated rings. The zero-order valence-electron chi connectivity index (χ0n) is 11.3. The monoisotopic (exact) mass is 266 g/mol. The lowest BCUT2D eigenvalue weighted by Gasteiger charge is -2.19. The molecule has 4 heteroatoms. The molecule has 0 spiro atoms. The van der Waals surface area contributed by atoms with Gasteiger partial charge in [-0.05, 0) is 43.4 Å². The van der Waals surface area contributed by atoms with E-state index < -0.39 is 6.04 Å². The molecule has 1 aromatic rings. The summed E-state index contributed by atoms with van der Waals surface area (Å²) in [4.78, 5) is 11.9. The predicted octanol–water partition coefficient (Wildman–Crippen LogP) is 2.25. The van der Waals surface area contributed by atoms with Crippen molar-refractivity contribution in [1.82, 2.24) is 5.32 Å². The fourth-order valence-corrected chi connectivity index (χ4v) is 2.34. The molecule has 0 radical (unpaired) electrons. The van der Waals surface area contributed by atoms with Crippen molar-refractivity contribution in [2.24, 2.45) is 5.73 Å². The van der Waals surface area contributed by atoms with Gasteiger partial charge in [0, 0.05) is 0 Å². The molecule has 3 N–H and O–H groups in total. The van der Waals surface area contributed by atoms with E-state index in [-0.39, 0.29) is 11.9 Å². The zero-order valence-corrected chi connectivity index (χ0v) is 12.1. The summed E-state index contributed by atoms with van der Waals surface area (Å²) >= 11 is 1.71. The third kappa shape index (κ3) is 4.35. The first-order valence-electron chi connectivity index (χ1n) is 6.16. The van der Waals surface area contributed by atoms with Gasteiger partial charge in [-0.1, -0.05) is 24.3 Å².